The van der Waals surface area contributed by atoms with Crippen molar-refractivity contribution in [1.82, 2.24) is 14.8 Å². The van der Waals surface area contributed by atoms with E-state index < -0.39 is 12.0 Å². The molecule has 156 valence electrons. The van der Waals surface area contributed by atoms with Crippen LogP contribution < -0.4 is 19.5 Å². The normalized spacial score (nSPS) is 15.4. The SMILES string of the molecule is CCCC1=C(C(=O)OCC)[C@@H](c2cc(OC)c(OC)c(OC)c2)n2ncnc2N1. The smallest absolute Gasteiger partial charge is 0.338 e. The number of carbonyl (C=O) groups excluding carboxylic acids is 1. The van der Waals surface area contributed by atoms with Gasteiger partial charge in [0, 0.05) is 5.70 Å². The van der Waals surface area contributed by atoms with E-state index in [0.29, 0.717) is 35.2 Å². The zero-order valence-electron chi connectivity index (χ0n) is 17.3. The Labute approximate surface area is 169 Å². The zero-order valence-corrected chi connectivity index (χ0v) is 17.3. The van der Waals surface area contributed by atoms with Crippen molar-refractivity contribution >= 4 is 11.9 Å². The lowest BCUT2D eigenvalue weighted by Gasteiger charge is -2.30. The van der Waals surface area contributed by atoms with Crippen LogP contribution in [0.4, 0.5) is 5.95 Å². The van der Waals surface area contributed by atoms with Crippen molar-refractivity contribution in [1.29, 1.82) is 0 Å². The summed E-state index contributed by atoms with van der Waals surface area (Å²) in [6, 6.07) is 3.07. The summed E-state index contributed by atoms with van der Waals surface area (Å²) in [6.07, 6.45) is 2.97. The Kier molecular flexibility index (Phi) is 6.26. The summed E-state index contributed by atoms with van der Waals surface area (Å²) in [6.45, 7) is 4.10. The molecule has 1 aromatic heterocycles. The van der Waals surface area contributed by atoms with Crippen molar-refractivity contribution in [2.24, 2.45) is 0 Å². The third kappa shape index (κ3) is 3.72. The summed E-state index contributed by atoms with van der Waals surface area (Å²) in [5, 5.41) is 7.57. The Morgan fingerprint density at radius 2 is 1.83 bits per heavy atom. The average Bonchev–Trinajstić information content (AvgIpc) is 3.20. The summed E-state index contributed by atoms with van der Waals surface area (Å²) >= 11 is 0. The van der Waals surface area contributed by atoms with E-state index >= 15 is 0 Å². The van der Waals surface area contributed by atoms with E-state index in [4.69, 9.17) is 18.9 Å². The molecule has 2 aromatic rings. The predicted octanol–water partition coefficient (Wildman–Crippen LogP) is 2.94. The van der Waals surface area contributed by atoms with Gasteiger partial charge in [0.2, 0.25) is 11.7 Å². The van der Waals surface area contributed by atoms with Gasteiger partial charge in [0.15, 0.2) is 11.5 Å². The number of ether oxygens (including phenoxy) is 4. The van der Waals surface area contributed by atoms with Crippen LogP contribution in [0.1, 0.15) is 38.3 Å². The lowest BCUT2D eigenvalue weighted by atomic mass is 9.93. The van der Waals surface area contributed by atoms with E-state index in [1.165, 1.54) is 6.33 Å². The summed E-state index contributed by atoms with van der Waals surface area (Å²) in [5.74, 6) is 1.61. The number of hydrogen-bond acceptors (Lipinski definition) is 8. The van der Waals surface area contributed by atoms with Crippen molar-refractivity contribution in [2.75, 3.05) is 33.3 Å². The van der Waals surface area contributed by atoms with Crippen molar-refractivity contribution < 1.29 is 23.7 Å². The molecule has 1 aromatic carbocycles. The Hall–Kier alpha value is -3.23. The molecule has 1 aliphatic heterocycles. The zero-order chi connectivity index (χ0) is 21.0. The molecule has 0 aliphatic carbocycles. The molecule has 0 saturated carbocycles. The maximum atomic E-state index is 13.0. The molecule has 0 fully saturated rings. The minimum absolute atomic E-state index is 0.272. The number of benzene rings is 1. The number of esters is 1. The van der Waals surface area contributed by atoms with Crippen LogP contribution in [0.3, 0.4) is 0 Å². The molecule has 29 heavy (non-hydrogen) atoms. The van der Waals surface area contributed by atoms with Crippen LogP contribution in [-0.4, -0.2) is 48.7 Å². The largest absolute Gasteiger partial charge is 0.493 e. The lowest BCUT2D eigenvalue weighted by Crippen LogP contribution is -2.30. The van der Waals surface area contributed by atoms with Crippen LogP contribution >= 0.6 is 0 Å². The van der Waals surface area contributed by atoms with Gasteiger partial charge in [-0.15, -0.1) is 0 Å². The minimum Gasteiger partial charge on any atom is -0.493 e. The molecule has 1 N–H and O–H groups in total. The number of aromatic nitrogens is 3. The Morgan fingerprint density at radius 1 is 1.14 bits per heavy atom. The Bertz CT molecular complexity index is 896. The van der Waals surface area contributed by atoms with E-state index in [1.54, 1.807) is 32.9 Å². The number of nitrogens with one attached hydrogen (secondary N) is 1. The number of methoxy groups -OCH3 is 3. The van der Waals surface area contributed by atoms with Crippen LogP contribution in [0.5, 0.6) is 17.2 Å². The van der Waals surface area contributed by atoms with Crippen molar-refractivity contribution in [3.63, 3.8) is 0 Å². The molecule has 0 unspecified atom stereocenters. The van der Waals surface area contributed by atoms with Gasteiger partial charge >= 0.3 is 5.97 Å². The summed E-state index contributed by atoms with van der Waals surface area (Å²) in [7, 11) is 4.65. The van der Waals surface area contributed by atoms with E-state index in [2.05, 4.69) is 15.4 Å². The van der Waals surface area contributed by atoms with Crippen LogP contribution in [-0.2, 0) is 9.53 Å². The quantitative estimate of drug-likeness (QED) is 0.673. The molecule has 9 heteroatoms. The topological polar surface area (TPSA) is 96.7 Å². The second kappa shape index (κ2) is 8.85. The first kappa shape index (κ1) is 20.5. The number of anilines is 1. The molecule has 0 saturated heterocycles. The molecule has 1 aliphatic rings. The minimum atomic E-state index is -0.553. The molecular formula is C20H26N4O5. The number of fused-ring (bicyclic) bond motifs is 1. The van der Waals surface area contributed by atoms with E-state index in [-0.39, 0.29) is 6.61 Å². The highest BCUT2D eigenvalue weighted by Gasteiger charge is 2.36. The highest BCUT2D eigenvalue weighted by molar-refractivity contribution is 5.92. The van der Waals surface area contributed by atoms with Crippen molar-refractivity contribution in [3.8, 4) is 17.2 Å². The number of allylic oxidation sites excluding steroid dienone is 1. The Balaban J connectivity index is 2.25. The molecule has 1 atom stereocenters. The van der Waals surface area contributed by atoms with Gasteiger partial charge in [-0.2, -0.15) is 10.1 Å². The fraction of sp³-hybridized carbons (Fsp3) is 0.450. The van der Waals surface area contributed by atoms with Gasteiger partial charge in [0.05, 0.1) is 33.5 Å². The van der Waals surface area contributed by atoms with Crippen LogP contribution in [0.25, 0.3) is 0 Å². The summed E-state index contributed by atoms with van der Waals surface area (Å²) in [4.78, 5) is 17.3. The van der Waals surface area contributed by atoms with Gasteiger partial charge in [-0.05, 0) is 31.0 Å². The molecular weight excluding hydrogens is 376 g/mol. The third-order valence-electron chi connectivity index (χ3n) is 4.68. The van der Waals surface area contributed by atoms with Gasteiger partial charge in [-0.3, -0.25) is 0 Å². The second-order valence-electron chi connectivity index (χ2n) is 6.38. The summed E-state index contributed by atoms with van der Waals surface area (Å²) < 4.78 is 23.5. The van der Waals surface area contributed by atoms with Crippen LogP contribution in [0.15, 0.2) is 29.7 Å². The number of carbonyl (C=O) groups is 1. The monoisotopic (exact) mass is 402 g/mol. The van der Waals surface area contributed by atoms with Crippen molar-refractivity contribution in [3.05, 3.63) is 35.3 Å². The van der Waals surface area contributed by atoms with Gasteiger partial charge in [0.25, 0.3) is 0 Å². The third-order valence-corrected chi connectivity index (χ3v) is 4.68. The van der Waals surface area contributed by atoms with Gasteiger partial charge in [-0.25, -0.2) is 9.48 Å². The molecule has 0 radical (unpaired) electrons. The lowest BCUT2D eigenvalue weighted by molar-refractivity contribution is -0.139. The fourth-order valence-corrected chi connectivity index (χ4v) is 3.48. The van der Waals surface area contributed by atoms with E-state index in [1.807, 2.05) is 19.1 Å². The standard InChI is InChI=1S/C20H26N4O5/c1-6-8-13-16(19(25)29-7-2)17(24-20(23-13)21-11-22-24)12-9-14(26-3)18(28-5)15(10-12)27-4/h9-11,17H,6-8H2,1-5H3,(H,21,22,23)/t17-/m1/s1. The Morgan fingerprint density at radius 3 is 2.38 bits per heavy atom. The number of nitrogens with zero attached hydrogens (tertiary/aromatic N) is 3. The molecule has 3 rings (SSSR count). The van der Waals surface area contributed by atoms with Crippen LogP contribution in [0.2, 0.25) is 0 Å². The maximum Gasteiger partial charge on any atom is 0.338 e. The highest BCUT2D eigenvalue weighted by Crippen LogP contribution is 2.44. The molecule has 0 spiro atoms. The first-order valence-electron chi connectivity index (χ1n) is 9.46. The number of hydrogen-bond donors (Lipinski definition) is 1. The molecule has 0 bridgehead atoms. The van der Waals surface area contributed by atoms with Gasteiger partial charge in [0.1, 0.15) is 12.4 Å². The van der Waals surface area contributed by atoms with Gasteiger partial charge in [-0.1, -0.05) is 13.3 Å². The van der Waals surface area contributed by atoms with Gasteiger partial charge < -0.3 is 24.3 Å². The van der Waals surface area contributed by atoms with Crippen LogP contribution in [0, 0.1) is 0 Å². The van der Waals surface area contributed by atoms with Crippen molar-refractivity contribution in [2.45, 2.75) is 32.7 Å². The predicted molar refractivity (Wildman–Crippen MR) is 106 cm³/mol. The first-order valence-corrected chi connectivity index (χ1v) is 9.46. The second-order valence-corrected chi connectivity index (χ2v) is 6.38. The molecule has 0 amide bonds. The van der Waals surface area contributed by atoms with E-state index in [9.17, 15) is 4.79 Å². The molecule has 2 heterocycles. The first-order chi connectivity index (χ1) is 14.1. The summed E-state index contributed by atoms with van der Waals surface area (Å²) in [5.41, 5.74) is 2.00. The van der Waals surface area contributed by atoms with E-state index in [0.717, 1.165) is 17.7 Å². The number of rotatable bonds is 8. The highest BCUT2D eigenvalue weighted by atomic mass is 16.5. The maximum absolute atomic E-state index is 13.0. The molecule has 9 nitrogen and oxygen atoms in total. The fourth-order valence-electron chi connectivity index (χ4n) is 3.48. The average molecular weight is 402 g/mol.